The van der Waals surface area contributed by atoms with Gasteiger partial charge in [0.05, 0.1) is 31.0 Å². The van der Waals surface area contributed by atoms with Crippen LogP contribution in [0, 0.1) is 0 Å². The van der Waals surface area contributed by atoms with E-state index in [0.717, 1.165) is 24.0 Å². The van der Waals surface area contributed by atoms with Crippen molar-refractivity contribution in [2.24, 2.45) is 0 Å². The Bertz CT molecular complexity index is 1290. The lowest BCUT2D eigenvalue weighted by Gasteiger charge is -2.33. The van der Waals surface area contributed by atoms with Gasteiger partial charge in [-0.3, -0.25) is 9.59 Å². The van der Waals surface area contributed by atoms with Crippen LogP contribution in [0.5, 0.6) is 11.5 Å². The summed E-state index contributed by atoms with van der Waals surface area (Å²) < 4.78 is 11.2. The van der Waals surface area contributed by atoms with E-state index < -0.39 is 6.10 Å². The highest BCUT2D eigenvalue weighted by molar-refractivity contribution is 6.08. The van der Waals surface area contributed by atoms with Crippen LogP contribution in [0.4, 0.5) is 0 Å². The van der Waals surface area contributed by atoms with Gasteiger partial charge in [0.25, 0.3) is 11.8 Å². The fraction of sp³-hybridized carbons (Fsp3) is 0.462. The number of nitrogens with zero attached hydrogens (tertiary/aromatic N) is 3. The average molecular weight is 494 g/mol. The van der Waals surface area contributed by atoms with Gasteiger partial charge >= 0.3 is 0 Å². The highest BCUT2D eigenvalue weighted by Crippen LogP contribution is 2.51. The Kier molecular flexibility index (Phi) is 6.53. The van der Waals surface area contributed by atoms with Crippen LogP contribution in [-0.2, 0) is 4.79 Å². The number of methoxy groups -OCH3 is 2. The Morgan fingerprint density at radius 1 is 1.14 bits per heavy atom. The van der Waals surface area contributed by atoms with E-state index in [0.29, 0.717) is 65.6 Å². The predicted molar refractivity (Wildman–Crippen MR) is 133 cm³/mol. The number of ether oxygens (including phenoxy) is 2. The number of hydrogen-bond acceptors (Lipinski definition) is 7. The monoisotopic (exact) mass is 493 g/mol. The lowest BCUT2D eigenvalue weighted by molar-refractivity contribution is -0.140. The highest BCUT2D eigenvalue weighted by atomic mass is 16.5. The minimum Gasteiger partial charge on any atom is -0.493 e. The van der Waals surface area contributed by atoms with Crippen molar-refractivity contribution >= 4 is 22.8 Å². The molecule has 1 aliphatic carbocycles. The van der Waals surface area contributed by atoms with Gasteiger partial charge in [0.15, 0.2) is 11.5 Å². The van der Waals surface area contributed by atoms with Crippen molar-refractivity contribution in [1.82, 2.24) is 25.2 Å². The topological polar surface area (TPSA) is 130 Å². The molecule has 2 aliphatic rings. The van der Waals surface area contributed by atoms with E-state index in [9.17, 15) is 14.7 Å². The second-order valence-corrected chi connectivity index (χ2v) is 9.43. The maximum absolute atomic E-state index is 13.2. The van der Waals surface area contributed by atoms with Crippen LogP contribution >= 0.6 is 0 Å². The molecular weight excluding hydrogens is 462 g/mol. The van der Waals surface area contributed by atoms with Crippen molar-refractivity contribution in [2.45, 2.75) is 50.7 Å². The number of aliphatic hydroxyl groups excluding tert-OH is 1. The Labute approximate surface area is 209 Å². The molecule has 190 valence electrons. The maximum atomic E-state index is 13.2. The number of aliphatic hydroxyl groups is 1. The van der Waals surface area contributed by atoms with E-state index in [-0.39, 0.29) is 17.9 Å². The van der Waals surface area contributed by atoms with Gasteiger partial charge in [-0.25, -0.2) is 9.97 Å². The molecule has 0 spiro atoms. The average Bonchev–Trinajstić information content (AvgIpc) is 3.64. The quantitative estimate of drug-likeness (QED) is 0.461. The van der Waals surface area contributed by atoms with Gasteiger partial charge in [-0.15, -0.1) is 0 Å². The Hall–Kier alpha value is -3.66. The number of carbonyl (C=O) groups excluding carboxylic acids is 2. The van der Waals surface area contributed by atoms with Crippen LogP contribution < -0.4 is 14.8 Å². The molecule has 2 aromatic heterocycles. The second-order valence-electron chi connectivity index (χ2n) is 9.43. The first kappa shape index (κ1) is 24.1. The third-order valence-corrected chi connectivity index (χ3v) is 7.03. The molecule has 10 heteroatoms. The summed E-state index contributed by atoms with van der Waals surface area (Å²) in [4.78, 5) is 39.1. The van der Waals surface area contributed by atoms with E-state index in [1.807, 2.05) is 12.1 Å². The van der Waals surface area contributed by atoms with Gasteiger partial charge < -0.3 is 29.8 Å². The minimum atomic E-state index is -1.01. The van der Waals surface area contributed by atoms with Crippen LogP contribution in [0.25, 0.3) is 22.3 Å². The van der Waals surface area contributed by atoms with Gasteiger partial charge in [-0.2, -0.15) is 0 Å². The molecular formula is C26H31N5O5. The lowest BCUT2D eigenvalue weighted by Crippen LogP contribution is -2.48. The summed E-state index contributed by atoms with van der Waals surface area (Å²) in [5.74, 6) is 1.28. The molecule has 2 amide bonds. The molecule has 0 bridgehead atoms. The number of aromatic nitrogens is 3. The number of likely N-dealkylation sites (tertiary alicyclic amines) is 1. The van der Waals surface area contributed by atoms with Gasteiger partial charge in [0.1, 0.15) is 17.9 Å². The van der Waals surface area contributed by atoms with Crippen LogP contribution in [0.1, 0.15) is 54.4 Å². The molecule has 1 atom stereocenters. The van der Waals surface area contributed by atoms with E-state index in [1.165, 1.54) is 13.3 Å². The molecule has 1 aromatic carbocycles. The molecule has 0 radical (unpaired) electrons. The number of rotatable bonds is 7. The minimum absolute atomic E-state index is 0.0610. The number of amides is 2. The largest absolute Gasteiger partial charge is 0.493 e. The summed E-state index contributed by atoms with van der Waals surface area (Å²) in [5, 5.41) is 12.6. The fourth-order valence-electron chi connectivity index (χ4n) is 5.02. The number of H-pyrrole nitrogens is 1. The number of aromatic amines is 1. The summed E-state index contributed by atoms with van der Waals surface area (Å²) in [5.41, 5.74) is 4.41. The number of nitrogens with one attached hydrogen (secondary N) is 2. The standard InChI is InChI=1S/C26H31N5O5/c1-14(32)26(34)31-10-8-16(9-11-31)30-25(33)18-12-27-23-21(28-13-29-22(18)23)17-6-7-19(35-2)24(36-3)20(17)15-4-5-15/h6-7,12-16,27,32H,4-5,8-11H2,1-3H3,(H,30,33). The molecule has 3 aromatic rings. The van der Waals surface area contributed by atoms with E-state index >= 15 is 0 Å². The third kappa shape index (κ3) is 4.37. The smallest absolute Gasteiger partial charge is 0.255 e. The Balaban J connectivity index is 1.41. The van der Waals surface area contributed by atoms with Crippen molar-refractivity contribution in [3.63, 3.8) is 0 Å². The molecule has 5 rings (SSSR count). The first-order chi connectivity index (χ1) is 17.4. The SMILES string of the molecule is COc1ccc(-c2ncnc3c(C(=O)NC4CCN(C(=O)C(C)O)CC4)c[nH]c23)c(C2CC2)c1OC. The summed E-state index contributed by atoms with van der Waals surface area (Å²) in [6, 6.07) is 3.80. The number of carbonyl (C=O) groups is 2. The molecule has 1 unspecified atom stereocenters. The first-order valence-electron chi connectivity index (χ1n) is 12.3. The third-order valence-electron chi connectivity index (χ3n) is 7.03. The normalized spacial score (nSPS) is 17.2. The van der Waals surface area contributed by atoms with Gasteiger partial charge in [0, 0.05) is 36.5 Å². The van der Waals surface area contributed by atoms with Gasteiger partial charge in [0.2, 0.25) is 0 Å². The summed E-state index contributed by atoms with van der Waals surface area (Å²) in [6.07, 6.45) is 5.54. The Morgan fingerprint density at radius 2 is 1.89 bits per heavy atom. The van der Waals surface area contributed by atoms with Crippen LogP contribution in [-0.4, -0.2) is 76.2 Å². The fourth-order valence-corrected chi connectivity index (χ4v) is 5.02. The van der Waals surface area contributed by atoms with E-state index in [2.05, 4.69) is 20.3 Å². The van der Waals surface area contributed by atoms with E-state index in [4.69, 9.17) is 9.47 Å². The number of piperidine rings is 1. The predicted octanol–water partition coefficient (Wildman–Crippen LogP) is 2.62. The zero-order chi connectivity index (χ0) is 25.4. The van der Waals surface area contributed by atoms with Crippen molar-refractivity contribution in [2.75, 3.05) is 27.3 Å². The first-order valence-corrected chi connectivity index (χ1v) is 12.3. The van der Waals surface area contributed by atoms with Crippen molar-refractivity contribution < 1.29 is 24.2 Å². The molecule has 2 fully saturated rings. The number of benzene rings is 1. The summed E-state index contributed by atoms with van der Waals surface area (Å²) in [6.45, 7) is 2.47. The lowest BCUT2D eigenvalue weighted by atomic mass is 9.97. The van der Waals surface area contributed by atoms with Crippen molar-refractivity contribution in [3.8, 4) is 22.8 Å². The van der Waals surface area contributed by atoms with Crippen molar-refractivity contribution in [3.05, 3.63) is 35.8 Å². The summed E-state index contributed by atoms with van der Waals surface area (Å²) in [7, 11) is 3.27. The maximum Gasteiger partial charge on any atom is 0.255 e. The molecule has 36 heavy (non-hydrogen) atoms. The molecule has 1 saturated carbocycles. The number of hydrogen-bond donors (Lipinski definition) is 3. The van der Waals surface area contributed by atoms with Gasteiger partial charge in [-0.05, 0) is 50.7 Å². The Morgan fingerprint density at radius 3 is 2.53 bits per heavy atom. The van der Waals surface area contributed by atoms with Crippen LogP contribution in [0.3, 0.4) is 0 Å². The zero-order valence-electron chi connectivity index (χ0n) is 20.7. The van der Waals surface area contributed by atoms with Gasteiger partial charge in [-0.1, -0.05) is 0 Å². The van der Waals surface area contributed by atoms with Crippen LogP contribution in [0.2, 0.25) is 0 Å². The summed E-state index contributed by atoms with van der Waals surface area (Å²) >= 11 is 0. The molecule has 10 nitrogen and oxygen atoms in total. The van der Waals surface area contributed by atoms with E-state index in [1.54, 1.807) is 25.3 Å². The zero-order valence-corrected chi connectivity index (χ0v) is 20.7. The molecule has 3 N–H and O–H groups in total. The van der Waals surface area contributed by atoms with Crippen LogP contribution in [0.15, 0.2) is 24.7 Å². The van der Waals surface area contributed by atoms with Crippen molar-refractivity contribution in [1.29, 1.82) is 0 Å². The highest BCUT2D eigenvalue weighted by Gasteiger charge is 2.33. The molecule has 1 aliphatic heterocycles. The molecule has 1 saturated heterocycles. The second kappa shape index (κ2) is 9.77. The molecule has 3 heterocycles. The number of fused-ring (bicyclic) bond motifs is 1.